The van der Waals surface area contributed by atoms with Gasteiger partial charge < -0.3 is 9.42 Å². The van der Waals surface area contributed by atoms with E-state index >= 15 is 0 Å². The van der Waals surface area contributed by atoms with Crippen LogP contribution in [0.4, 0.5) is 0 Å². The van der Waals surface area contributed by atoms with Gasteiger partial charge in [0.05, 0.1) is 12.7 Å². The maximum Gasteiger partial charge on any atom is 0.227 e. The topological polar surface area (TPSA) is 46.3 Å². The van der Waals surface area contributed by atoms with Gasteiger partial charge in [-0.25, -0.2) is 0 Å². The number of hydrogen-bond acceptors (Lipinski definition) is 3. The molecule has 1 unspecified atom stereocenters. The zero-order valence-corrected chi connectivity index (χ0v) is 12.8. The van der Waals surface area contributed by atoms with E-state index in [2.05, 4.69) is 46.7 Å². The Balaban J connectivity index is 2.46. The first-order valence-corrected chi connectivity index (χ1v) is 6.84. The third-order valence-corrected chi connectivity index (χ3v) is 3.87. The molecule has 1 aliphatic rings. The van der Waals surface area contributed by atoms with E-state index in [9.17, 15) is 4.79 Å². The first kappa shape index (κ1) is 14.1. The monoisotopic (exact) mass is 264 g/mol. The molecule has 0 radical (unpaired) electrons. The molecule has 1 aromatic rings. The second kappa shape index (κ2) is 4.36. The molecule has 19 heavy (non-hydrogen) atoms. The molecule has 0 bridgehead atoms. The second-order valence-electron chi connectivity index (χ2n) is 7.49. The fraction of sp³-hybridized carbons (Fsp3) is 0.733. The van der Waals surface area contributed by atoms with Crippen molar-refractivity contribution in [2.45, 2.75) is 60.0 Å². The molecule has 0 fully saturated rings. The van der Waals surface area contributed by atoms with Crippen LogP contribution in [-0.2, 0) is 17.8 Å². The summed E-state index contributed by atoms with van der Waals surface area (Å²) >= 11 is 0. The van der Waals surface area contributed by atoms with Crippen molar-refractivity contribution in [1.82, 2.24) is 10.1 Å². The number of fused-ring (bicyclic) bond motifs is 1. The lowest BCUT2D eigenvalue weighted by Gasteiger charge is -2.39. The normalized spacial score (nSPS) is 21.3. The van der Waals surface area contributed by atoms with E-state index in [4.69, 9.17) is 4.52 Å². The molecule has 1 amide bonds. The molecule has 4 heteroatoms. The van der Waals surface area contributed by atoms with Crippen LogP contribution in [0.3, 0.4) is 0 Å². The maximum absolute atomic E-state index is 12.9. The SMILES string of the molecule is CC(C)(C)C1Cc2cnoc2CN(C(C)(C)C)C1=O. The highest BCUT2D eigenvalue weighted by Gasteiger charge is 2.41. The van der Waals surface area contributed by atoms with Gasteiger partial charge in [-0.05, 0) is 32.6 Å². The molecule has 1 aliphatic heterocycles. The maximum atomic E-state index is 12.9. The first-order chi connectivity index (χ1) is 8.60. The lowest BCUT2D eigenvalue weighted by Crippen LogP contribution is -2.49. The molecule has 4 nitrogen and oxygen atoms in total. The van der Waals surface area contributed by atoms with Crippen LogP contribution in [0, 0.1) is 11.3 Å². The lowest BCUT2D eigenvalue weighted by atomic mass is 9.76. The Labute approximate surface area is 115 Å². The van der Waals surface area contributed by atoms with Crippen molar-refractivity contribution in [3.8, 4) is 0 Å². The van der Waals surface area contributed by atoms with Gasteiger partial charge in [0.1, 0.15) is 0 Å². The molecule has 0 aromatic carbocycles. The zero-order chi connectivity index (χ0) is 14.4. The lowest BCUT2D eigenvalue weighted by molar-refractivity contribution is -0.144. The molecular formula is C15H24N2O2. The second-order valence-corrected chi connectivity index (χ2v) is 7.49. The number of nitrogens with zero attached hydrogens (tertiary/aromatic N) is 2. The van der Waals surface area contributed by atoms with Crippen molar-refractivity contribution in [2.75, 3.05) is 0 Å². The smallest absolute Gasteiger partial charge is 0.227 e. The van der Waals surface area contributed by atoms with Crippen LogP contribution in [0.1, 0.15) is 52.9 Å². The van der Waals surface area contributed by atoms with Gasteiger partial charge in [0.2, 0.25) is 5.91 Å². The minimum atomic E-state index is -0.213. The fourth-order valence-corrected chi connectivity index (χ4v) is 2.54. The highest BCUT2D eigenvalue weighted by atomic mass is 16.5. The van der Waals surface area contributed by atoms with Gasteiger partial charge in [-0.2, -0.15) is 0 Å². The Bertz CT molecular complexity index is 437. The standard InChI is InChI=1S/C15H24N2O2/c1-14(2,3)11-7-10-8-16-19-12(10)9-17(13(11)18)15(4,5)6/h8,11H,7,9H2,1-6H3. The molecule has 106 valence electrons. The molecule has 0 saturated heterocycles. The molecule has 2 rings (SSSR count). The third kappa shape index (κ3) is 2.67. The number of hydrogen-bond donors (Lipinski definition) is 0. The molecule has 0 saturated carbocycles. The Morgan fingerprint density at radius 3 is 2.42 bits per heavy atom. The van der Waals surface area contributed by atoms with E-state index < -0.39 is 0 Å². The molecule has 0 spiro atoms. The summed E-state index contributed by atoms with van der Waals surface area (Å²) in [4.78, 5) is 14.8. The van der Waals surface area contributed by atoms with Gasteiger partial charge in [-0.15, -0.1) is 0 Å². The first-order valence-electron chi connectivity index (χ1n) is 6.84. The van der Waals surface area contributed by atoms with Gasteiger partial charge in [0.15, 0.2) is 5.76 Å². The van der Waals surface area contributed by atoms with E-state index in [1.54, 1.807) is 6.20 Å². The minimum absolute atomic E-state index is 0.0348. The van der Waals surface area contributed by atoms with Crippen molar-refractivity contribution < 1.29 is 9.32 Å². The van der Waals surface area contributed by atoms with Crippen molar-refractivity contribution in [2.24, 2.45) is 11.3 Å². The van der Waals surface area contributed by atoms with Gasteiger partial charge in [-0.1, -0.05) is 25.9 Å². The van der Waals surface area contributed by atoms with Crippen molar-refractivity contribution in [1.29, 1.82) is 0 Å². The Hall–Kier alpha value is -1.32. The number of rotatable bonds is 0. The summed E-state index contributed by atoms with van der Waals surface area (Å²) in [5.41, 5.74) is 0.786. The molecule has 2 heterocycles. The average molecular weight is 264 g/mol. The molecule has 1 aromatic heterocycles. The number of amides is 1. The van der Waals surface area contributed by atoms with Crippen molar-refractivity contribution in [3.05, 3.63) is 17.5 Å². The third-order valence-electron chi connectivity index (χ3n) is 3.87. The van der Waals surface area contributed by atoms with Gasteiger partial charge in [0.25, 0.3) is 0 Å². The highest BCUT2D eigenvalue weighted by molar-refractivity contribution is 5.81. The Morgan fingerprint density at radius 1 is 1.26 bits per heavy atom. The predicted molar refractivity (Wildman–Crippen MR) is 73.5 cm³/mol. The van der Waals surface area contributed by atoms with E-state index in [0.717, 1.165) is 11.3 Å². The molecule has 0 N–H and O–H groups in total. The van der Waals surface area contributed by atoms with Crippen LogP contribution in [-0.4, -0.2) is 21.5 Å². The van der Waals surface area contributed by atoms with Crippen LogP contribution in [0.15, 0.2) is 10.7 Å². The van der Waals surface area contributed by atoms with E-state index in [-0.39, 0.29) is 22.8 Å². The predicted octanol–water partition coefficient (Wildman–Crippen LogP) is 3.02. The van der Waals surface area contributed by atoms with Crippen LogP contribution in [0.2, 0.25) is 0 Å². The molecule has 1 atom stereocenters. The summed E-state index contributed by atoms with van der Waals surface area (Å²) in [7, 11) is 0. The Morgan fingerprint density at radius 2 is 1.89 bits per heavy atom. The summed E-state index contributed by atoms with van der Waals surface area (Å²) in [6, 6.07) is 0. The highest BCUT2D eigenvalue weighted by Crippen LogP contribution is 2.36. The summed E-state index contributed by atoms with van der Waals surface area (Å²) in [6.07, 6.45) is 2.47. The minimum Gasteiger partial charge on any atom is -0.359 e. The van der Waals surface area contributed by atoms with Gasteiger partial charge in [0, 0.05) is 17.0 Å². The van der Waals surface area contributed by atoms with Gasteiger partial charge in [-0.3, -0.25) is 4.79 Å². The summed E-state index contributed by atoms with van der Waals surface area (Å²) in [5.74, 6) is 1.01. The quantitative estimate of drug-likeness (QED) is 0.723. The summed E-state index contributed by atoms with van der Waals surface area (Å²) in [5, 5.41) is 3.89. The van der Waals surface area contributed by atoms with Crippen LogP contribution < -0.4 is 0 Å². The number of aromatic nitrogens is 1. The average Bonchev–Trinajstić information content (AvgIpc) is 2.60. The van der Waals surface area contributed by atoms with Gasteiger partial charge >= 0.3 is 0 Å². The van der Waals surface area contributed by atoms with Crippen LogP contribution >= 0.6 is 0 Å². The number of carbonyl (C=O) groups is 1. The van der Waals surface area contributed by atoms with Crippen molar-refractivity contribution >= 4 is 5.91 Å². The van der Waals surface area contributed by atoms with Crippen molar-refractivity contribution in [3.63, 3.8) is 0 Å². The molecular weight excluding hydrogens is 240 g/mol. The van der Waals surface area contributed by atoms with Crippen LogP contribution in [0.5, 0.6) is 0 Å². The van der Waals surface area contributed by atoms with E-state index in [1.165, 1.54) is 0 Å². The molecule has 0 aliphatic carbocycles. The Kier molecular flexibility index (Phi) is 3.23. The van der Waals surface area contributed by atoms with Crippen LogP contribution in [0.25, 0.3) is 0 Å². The zero-order valence-electron chi connectivity index (χ0n) is 12.8. The summed E-state index contributed by atoms with van der Waals surface area (Å²) < 4.78 is 5.33. The fourth-order valence-electron chi connectivity index (χ4n) is 2.54. The van der Waals surface area contributed by atoms with E-state index in [1.807, 2.05) is 4.90 Å². The van der Waals surface area contributed by atoms with E-state index in [0.29, 0.717) is 13.0 Å². The number of carbonyl (C=O) groups excluding carboxylic acids is 1. The largest absolute Gasteiger partial charge is 0.359 e. The summed E-state index contributed by atoms with van der Waals surface area (Å²) in [6.45, 7) is 13.1.